The predicted octanol–water partition coefficient (Wildman–Crippen LogP) is 2.68. The van der Waals surface area contributed by atoms with Crippen LogP contribution in [-0.2, 0) is 16.0 Å². The zero-order valence-corrected chi connectivity index (χ0v) is 21.5. The van der Waals surface area contributed by atoms with Crippen molar-refractivity contribution in [3.63, 3.8) is 0 Å². The summed E-state index contributed by atoms with van der Waals surface area (Å²) in [7, 11) is 6.30. The number of H-pyrrole nitrogens is 2. The van der Waals surface area contributed by atoms with Crippen LogP contribution in [0.25, 0.3) is 21.8 Å². The summed E-state index contributed by atoms with van der Waals surface area (Å²) in [6.07, 6.45) is 2.02. The molecule has 4 amide bonds. The second-order valence-corrected chi connectivity index (χ2v) is 10.5. The van der Waals surface area contributed by atoms with E-state index in [1.54, 1.807) is 26.0 Å². The first-order valence-electron chi connectivity index (χ1n) is 12.5. The number of nitrogens with zero attached hydrogens (tertiary/aromatic N) is 4. The van der Waals surface area contributed by atoms with Gasteiger partial charge in [0.1, 0.15) is 0 Å². The summed E-state index contributed by atoms with van der Waals surface area (Å²) in [5.41, 5.74) is 1.09. The second-order valence-electron chi connectivity index (χ2n) is 10.5. The van der Waals surface area contributed by atoms with Crippen LogP contribution in [0.4, 0.5) is 4.79 Å². The fourth-order valence-electron chi connectivity index (χ4n) is 7.38. The van der Waals surface area contributed by atoms with E-state index >= 15 is 0 Å². The van der Waals surface area contributed by atoms with Gasteiger partial charge in [-0.3, -0.25) is 24.8 Å². The summed E-state index contributed by atoms with van der Waals surface area (Å²) < 4.78 is 0. The van der Waals surface area contributed by atoms with Crippen molar-refractivity contribution in [1.29, 1.82) is 5.41 Å². The van der Waals surface area contributed by atoms with Crippen molar-refractivity contribution in [1.82, 2.24) is 29.6 Å². The molecule has 3 N–H and O–H groups in total. The standard InChI is InChI=1S/C28H27N7O3/c1-32-24(37)28(34(3)25(32)29)21(18-14-30-19-11-7-5-10-16(18)19)22-17(15-9-6-8-12-20(15)31-22)13-27(28)23(36)33(2)26(38)35(27)4/h5-12,14,21,29-31H,13H2,1-4H3/t21-,27-,28-/m1/s1. The number of carbonyl (C=O) groups is 3. The van der Waals surface area contributed by atoms with Gasteiger partial charge in [-0.2, -0.15) is 0 Å². The van der Waals surface area contributed by atoms with Crippen LogP contribution in [0.15, 0.2) is 54.7 Å². The lowest BCUT2D eigenvalue weighted by Gasteiger charge is -2.55. The van der Waals surface area contributed by atoms with Crippen molar-refractivity contribution in [2.45, 2.75) is 23.4 Å². The highest BCUT2D eigenvalue weighted by Crippen LogP contribution is 2.59. The molecule has 1 aliphatic carbocycles. The van der Waals surface area contributed by atoms with Crippen LogP contribution >= 0.6 is 0 Å². The van der Waals surface area contributed by atoms with Crippen LogP contribution in [0.1, 0.15) is 22.7 Å². The van der Waals surface area contributed by atoms with Gasteiger partial charge < -0.3 is 19.8 Å². The number of guanidine groups is 1. The van der Waals surface area contributed by atoms with Gasteiger partial charge in [-0.25, -0.2) is 4.79 Å². The topological polar surface area (TPSA) is 120 Å². The van der Waals surface area contributed by atoms with Crippen LogP contribution in [-0.4, -0.2) is 92.6 Å². The fourth-order valence-corrected chi connectivity index (χ4v) is 7.38. The number of hydrogen-bond donors (Lipinski definition) is 3. The van der Waals surface area contributed by atoms with Crippen LogP contribution in [0, 0.1) is 5.41 Å². The third-order valence-electron chi connectivity index (χ3n) is 9.15. The highest BCUT2D eigenvalue weighted by molar-refractivity contribution is 6.18. The lowest BCUT2D eigenvalue weighted by molar-refractivity contribution is -0.151. The molecule has 38 heavy (non-hydrogen) atoms. The third kappa shape index (κ3) is 2.22. The minimum Gasteiger partial charge on any atom is -0.361 e. The van der Waals surface area contributed by atoms with Gasteiger partial charge in [-0.15, -0.1) is 0 Å². The fraction of sp³-hybridized carbons (Fsp3) is 0.286. The Bertz CT molecular complexity index is 1740. The van der Waals surface area contributed by atoms with Gasteiger partial charge in [0, 0.05) is 68.3 Å². The molecular formula is C28H27N7O3. The Kier molecular flexibility index (Phi) is 4.18. The number of urea groups is 1. The lowest BCUT2D eigenvalue weighted by atomic mass is 9.57. The van der Waals surface area contributed by atoms with Gasteiger partial charge in [0.25, 0.3) is 11.8 Å². The van der Waals surface area contributed by atoms with E-state index in [0.29, 0.717) is 0 Å². The number of para-hydroxylation sites is 2. The Labute approximate surface area is 218 Å². The smallest absolute Gasteiger partial charge is 0.327 e. The average Bonchev–Trinajstić information content (AvgIpc) is 3.61. The Morgan fingerprint density at radius 1 is 0.842 bits per heavy atom. The maximum absolute atomic E-state index is 14.6. The molecule has 4 heterocycles. The number of benzene rings is 2. The molecule has 192 valence electrons. The molecule has 7 rings (SSSR count). The molecule has 2 aromatic heterocycles. The molecule has 3 atom stereocenters. The van der Waals surface area contributed by atoms with E-state index in [-0.39, 0.29) is 12.4 Å². The highest BCUT2D eigenvalue weighted by Gasteiger charge is 2.79. The van der Waals surface area contributed by atoms with Gasteiger partial charge >= 0.3 is 6.03 Å². The molecule has 0 saturated carbocycles. The highest BCUT2D eigenvalue weighted by atomic mass is 16.2. The van der Waals surface area contributed by atoms with Gasteiger partial charge in [0.05, 0.1) is 5.92 Å². The van der Waals surface area contributed by atoms with Crippen molar-refractivity contribution in [3.05, 3.63) is 71.5 Å². The Balaban J connectivity index is 1.69. The molecule has 0 radical (unpaired) electrons. The average molecular weight is 510 g/mol. The van der Waals surface area contributed by atoms with Gasteiger partial charge in [-0.05, 0) is 23.3 Å². The quantitative estimate of drug-likeness (QED) is 0.342. The number of aromatic amines is 2. The Hall–Kier alpha value is -4.60. The molecule has 2 saturated heterocycles. The third-order valence-corrected chi connectivity index (χ3v) is 9.15. The summed E-state index contributed by atoms with van der Waals surface area (Å²) in [5.74, 6) is -1.58. The second kappa shape index (κ2) is 7.03. The number of likely N-dealkylation sites (N-methyl/N-ethyl adjacent to an activating group) is 4. The van der Waals surface area contributed by atoms with Crippen LogP contribution in [0.3, 0.4) is 0 Å². The maximum Gasteiger partial charge on any atom is 0.327 e. The van der Waals surface area contributed by atoms with Crippen LogP contribution in [0.5, 0.6) is 0 Å². The Morgan fingerprint density at radius 3 is 2.13 bits per heavy atom. The molecule has 3 aliphatic rings. The van der Waals surface area contributed by atoms with Crippen LogP contribution in [0.2, 0.25) is 0 Å². The van der Waals surface area contributed by atoms with Crippen molar-refractivity contribution in [2.75, 3.05) is 28.2 Å². The molecule has 2 aromatic carbocycles. The minimum atomic E-state index is -1.62. The first-order chi connectivity index (χ1) is 18.2. The number of carbonyl (C=O) groups excluding carboxylic acids is 3. The monoisotopic (exact) mass is 509 g/mol. The summed E-state index contributed by atoms with van der Waals surface area (Å²) in [6.45, 7) is 0. The number of fused-ring (bicyclic) bond motifs is 5. The maximum atomic E-state index is 14.6. The molecule has 4 aromatic rings. The first-order valence-corrected chi connectivity index (χ1v) is 12.5. The van der Waals surface area contributed by atoms with E-state index in [9.17, 15) is 14.4 Å². The van der Waals surface area contributed by atoms with Gasteiger partial charge in [-0.1, -0.05) is 36.4 Å². The van der Waals surface area contributed by atoms with Crippen molar-refractivity contribution in [3.8, 4) is 0 Å². The summed E-state index contributed by atoms with van der Waals surface area (Å²) >= 11 is 0. The normalized spacial score (nSPS) is 27.3. The number of hydrogen-bond acceptors (Lipinski definition) is 4. The summed E-state index contributed by atoms with van der Waals surface area (Å²) in [6, 6.07) is 15.2. The molecule has 2 fully saturated rings. The van der Waals surface area contributed by atoms with E-state index in [2.05, 4.69) is 9.97 Å². The van der Waals surface area contributed by atoms with Crippen LogP contribution < -0.4 is 0 Å². The van der Waals surface area contributed by atoms with E-state index in [4.69, 9.17) is 5.41 Å². The number of rotatable bonds is 1. The van der Waals surface area contributed by atoms with E-state index < -0.39 is 34.8 Å². The lowest BCUT2D eigenvalue weighted by Crippen LogP contribution is -2.77. The SMILES string of the molecule is CN1C(=O)N(C)[C@]2(Cc3c([nH]c4ccccc34)[C@@H](c3c[nH]c4ccccc34)[C@@]23C(=O)N(C)C(=N)N3C)C1=O. The number of aromatic nitrogens is 2. The minimum absolute atomic E-state index is 0.0259. The van der Waals surface area contributed by atoms with E-state index in [1.807, 2.05) is 54.7 Å². The van der Waals surface area contributed by atoms with Gasteiger partial charge in [0.15, 0.2) is 11.1 Å². The molecule has 10 heteroatoms. The summed E-state index contributed by atoms with van der Waals surface area (Å²) in [5, 5.41) is 10.7. The molecule has 2 spiro atoms. The number of imide groups is 1. The largest absolute Gasteiger partial charge is 0.361 e. The molecule has 0 unspecified atom stereocenters. The van der Waals surface area contributed by atoms with Crippen molar-refractivity contribution < 1.29 is 14.4 Å². The molecular weight excluding hydrogens is 482 g/mol. The number of nitrogens with one attached hydrogen (secondary N) is 3. The zero-order valence-electron chi connectivity index (χ0n) is 21.5. The zero-order chi connectivity index (χ0) is 26.7. The van der Waals surface area contributed by atoms with Crippen molar-refractivity contribution in [2.24, 2.45) is 0 Å². The first kappa shape index (κ1) is 22.6. The van der Waals surface area contributed by atoms with Gasteiger partial charge in [0.2, 0.25) is 5.96 Å². The molecule has 0 bridgehead atoms. The number of amides is 4. The van der Waals surface area contributed by atoms with Crippen molar-refractivity contribution >= 4 is 45.6 Å². The Morgan fingerprint density at radius 2 is 1.50 bits per heavy atom. The predicted molar refractivity (Wildman–Crippen MR) is 142 cm³/mol. The van der Waals surface area contributed by atoms with E-state index in [1.165, 1.54) is 16.8 Å². The summed E-state index contributed by atoms with van der Waals surface area (Å²) in [4.78, 5) is 54.9. The molecule has 10 nitrogen and oxygen atoms in total. The van der Waals surface area contributed by atoms with E-state index in [0.717, 1.165) is 43.5 Å². The molecule has 2 aliphatic heterocycles.